The molecule has 1 saturated carbocycles. The van der Waals surface area contributed by atoms with Gasteiger partial charge in [-0.2, -0.15) is 0 Å². The standard InChI is InChI=1S/C20H37N5O2.HI/c1-3-22-20(25-13-9-16(10-14-25)15-18(26)21-2)24-12-11-23-19(27)17-7-5-4-6-8-17;/h16-17H,3-15H2,1-2H3,(H,21,26)(H,22,24)(H,23,27);1H. The van der Waals surface area contributed by atoms with Crippen LogP contribution in [0.5, 0.6) is 0 Å². The molecular formula is C20H38IN5O2. The van der Waals surface area contributed by atoms with E-state index in [-0.39, 0.29) is 41.7 Å². The van der Waals surface area contributed by atoms with Crippen molar-refractivity contribution in [3.05, 3.63) is 0 Å². The Bertz CT molecular complexity index is 501. The van der Waals surface area contributed by atoms with E-state index in [1.165, 1.54) is 19.3 Å². The van der Waals surface area contributed by atoms with E-state index < -0.39 is 0 Å². The molecule has 0 unspecified atom stereocenters. The Labute approximate surface area is 186 Å². The van der Waals surface area contributed by atoms with Crippen molar-refractivity contribution in [2.75, 3.05) is 39.8 Å². The molecule has 28 heavy (non-hydrogen) atoms. The number of hydrogen-bond donors (Lipinski definition) is 3. The van der Waals surface area contributed by atoms with Crippen molar-refractivity contribution < 1.29 is 9.59 Å². The first-order chi connectivity index (χ1) is 13.1. The molecule has 0 bridgehead atoms. The lowest BCUT2D eigenvalue weighted by Crippen LogP contribution is -2.46. The highest BCUT2D eigenvalue weighted by atomic mass is 127. The predicted molar refractivity (Wildman–Crippen MR) is 124 cm³/mol. The number of carbonyl (C=O) groups excluding carboxylic acids is 2. The number of likely N-dealkylation sites (tertiary alicyclic amines) is 1. The summed E-state index contributed by atoms with van der Waals surface area (Å²) in [5.41, 5.74) is 0. The fourth-order valence-electron chi connectivity index (χ4n) is 3.99. The lowest BCUT2D eigenvalue weighted by atomic mass is 9.89. The Hall–Kier alpha value is -1.06. The molecule has 1 heterocycles. The average molecular weight is 507 g/mol. The second-order valence-corrected chi connectivity index (χ2v) is 7.67. The van der Waals surface area contributed by atoms with Crippen molar-refractivity contribution in [2.45, 2.75) is 58.3 Å². The molecule has 1 aliphatic carbocycles. The summed E-state index contributed by atoms with van der Waals surface area (Å²) >= 11 is 0. The first-order valence-electron chi connectivity index (χ1n) is 10.7. The first-order valence-corrected chi connectivity index (χ1v) is 10.7. The molecule has 2 amide bonds. The monoisotopic (exact) mass is 507 g/mol. The van der Waals surface area contributed by atoms with Crippen molar-refractivity contribution in [3.63, 3.8) is 0 Å². The fraction of sp³-hybridized carbons (Fsp3) is 0.850. The maximum atomic E-state index is 12.2. The van der Waals surface area contributed by atoms with Gasteiger partial charge in [0.05, 0.1) is 6.54 Å². The van der Waals surface area contributed by atoms with Crippen LogP contribution >= 0.6 is 24.0 Å². The maximum absolute atomic E-state index is 12.2. The van der Waals surface area contributed by atoms with Crippen LogP contribution in [0, 0.1) is 11.8 Å². The quantitative estimate of drug-likeness (QED) is 0.213. The average Bonchev–Trinajstić information content (AvgIpc) is 2.71. The predicted octanol–water partition coefficient (Wildman–Crippen LogP) is 2.11. The van der Waals surface area contributed by atoms with Gasteiger partial charge >= 0.3 is 0 Å². The lowest BCUT2D eigenvalue weighted by Gasteiger charge is -2.34. The topological polar surface area (TPSA) is 85.8 Å². The molecule has 8 heteroatoms. The van der Waals surface area contributed by atoms with Crippen LogP contribution in [0.1, 0.15) is 58.3 Å². The Balaban J connectivity index is 0.00000392. The number of aliphatic imine (C=N–C) groups is 1. The second kappa shape index (κ2) is 14.0. The minimum Gasteiger partial charge on any atom is -0.359 e. The van der Waals surface area contributed by atoms with Crippen LogP contribution in [-0.2, 0) is 9.59 Å². The summed E-state index contributed by atoms with van der Waals surface area (Å²) in [4.78, 5) is 30.7. The van der Waals surface area contributed by atoms with E-state index in [0.29, 0.717) is 25.4 Å². The van der Waals surface area contributed by atoms with Gasteiger partial charge < -0.3 is 20.9 Å². The Kier molecular flexibility index (Phi) is 12.5. The molecule has 0 aromatic carbocycles. The molecule has 1 saturated heterocycles. The molecule has 7 nitrogen and oxygen atoms in total. The molecule has 3 N–H and O–H groups in total. The number of carbonyl (C=O) groups is 2. The third-order valence-corrected chi connectivity index (χ3v) is 5.65. The summed E-state index contributed by atoms with van der Waals surface area (Å²) in [6.07, 6.45) is 8.32. The second-order valence-electron chi connectivity index (χ2n) is 7.67. The lowest BCUT2D eigenvalue weighted by molar-refractivity contribution is -0.126. The smallest absolute Gasteiger partial charge is 0.223 e. The van der Waals surface area contributed by atoms with Gasteiger partial charge in [0, 0.05) is 45.6 Å². The van der Waals surface area contributed by atoms with Crippen molar-refractivity contribution in [2.24, 2.45) is 16.8 Å². The molecule has 162 valence electrons. The third kappa shape index (κ3) is 8.53. The van der Waals surface area contributed by atoms with Crippen LogP contribution in [0.15, 0.2) is 4.99 Å². The van der Waals surface area contributed by atoms with E-state index in [9.17, 15) is 9.59 Å². The van der Waals surface area contributed by atoms with Gasteiger partial charge in [-0.25, -0.2) is 0 Å². The van der Waals surface area contributed by atoms with Crippen molar-refractivity contribution in [1.29, 1.82) is 0 Å². The number of hydrogen-bond acceptors (Lipinski definition) is 3. The Morgan fingerprint density at radius 2 is 1.71 bits per heavy atom. The van der Waals surface area contributed by atoms with Gasteiger partial charge in [0.15, 0.2) is 5.96 Å². The van der Waals surface area contributed by atoms with E-state index in [2.05, 4.69) is 27.8 Å². The van der Waals surface area contributed by atoms with Gasteiger partial charge in [0.1, 0.15) is 0 Å². The number of nitrogens with zero attached hydrogens (tertiary/aromatic N) is 2. The zero-order valence-electron chi connectivity index (χ0n) is 17.5. The van der Waals surface area contributed by atoms with Gasteiger partial charge in [0.2, 0.25) is 11.8 Å². The maximum Gasteiger partial charge on any atom is 0.223 e. The van der Waals surface area contributed by atoms with Gasteiger partial charge in [-0.3, -0.25) is 14.6 Å². The molecule has 0 aromatic rings. The van der Waals surface area contributed by atoms with Crippen LogP contribution < -0.4 is 16.0 Å². The largest absolute Gasteiger partial charge is 0.359 e. The number of halogens is 1. The van der Waals surface area contributed by atoms with Crippen molar-refractivity contribution >= 4 is 41.8 Å². The molecule has 0 spiro atoms. The minimum absolute atomic E-state index is 0. The number of amides is 2. The summed E-state index contributed by atoms with van der Waals surface area (Å²) in [6.45, 7) is 5.92. The SMILES string of the molecule is CCNC(=NCCNC(=O)C1CCCCC1)N1CCC(CC(=O)NC)CC1.I. The van der Waals surface area contributed by atoms with Gasteiger partial charge in [-0.05, 0) is 38.5 Å². The van der Waals surface area contributed by atoms with E-state index in [1.54, 1.807) is 7.05 Å². The van der Waals surface area contributed by atoms with E-state index >= 15 is 0 Å². The normalized spacial score (nSPS) is 18.9. The van der Waals surface area contributed by atoms with E-state index in [4.69, 9.17) is 4.99 Å². The highest BCUT2D eigenvalue weighted by molar-refractivity contribution is 14.0. The number of guanidine groups is 1. The molecule has 2 rings (SSSR count). The Morgan fingerprint density at radius 1 is 1.04 bits per heavy atom. The molecule has 0 aromatic heterocycles. The highest BCUT2D eigenvalue weighted by Gasteiger charge is 2.23. The third-order valence-electron chi connectivity index (χ3n) is 5.65. The number of piperidine rings is 1. The van der Waals surface area contributed by atoms with E-state index in [1.807, 2.05) is 0 Å². The summed E-state index contributed by atoms with van der Waals surface area (Å²) < 4.78 is 0. The highest BCUT2D eigenvalue weighted by Crippen LogP contribution is 2.23. The van der Waals surface area contributed by atoms with Crippen molar-refractivity contribution in [3.8, 4) is 0 Å². The van der Waals surface area contributed by atoms with Gasteiger partial charge in [-0.1, -0.05) is 19.3 Å². The summed E-state index contributed by atoms with van der Waals surface area (Å²) in [6, 6.07) is 0. The fourth-order valence-corrected chi connectivity index (χ4v) is 3.99. The van der Waals surface area contributed by atoms with Crippen LogP contribution in [0.2, 0.25) is 0 Å². The summed E-state index contributed by atoms with van der Waals surface area (Å²) in [5.74, 6) is 1.91. The molecule has 0 atom stereocenters. The summed E-state index contributed by atoms with van der Waals surface area (Å²) in [7, 11) is 1.69. The Morgan fingerprint density at radius 3 is 2.32 bits per heavy atom. The van der Waals surface area contributed by atoms with Crippen LogP contribution in [0.25, 0.3) is 0 Å². The van der Waals surface area contributed by atoms with E-state index in [0.717, 1.165) is 51.3 Å². The van der Waals surface area contributed by atoms with Crippen molar-refractivity contribution in [1.82, 2.24) is 20.9 Å². The van der Waals surface area contributed by atoms with Gasteiger partial charge in [0.25, 0.3) is 0 Å². The molecule has 2 aliphatic rings. The van der Waals surface area contributed by atoms with Crippen LogP contribution in [0.4, 0.5) is 0 Å². The summed E-state index contributed by atoms with van der Waals surface area (Å²) in [5, 5.41) is 9.12. The van der Waals surface area contributed by atoms with Crippen LogP contribution in [0.3, 0.4) is 0 Å². The molecular weight excluding hydrogens is 469 g/mol. The number of nitrogens with one attached hydrogen (secondary N) is 3. The number of rotatable bonds is 7. The molecule has 1 aliphatic heterocycles. The zero-order valence-corrected chi connectivity index (χ0v) is 19.8. The minimum atomic E-state index is 0. The van der Waals surface area contributed by atoms with Gasteiger partial charge in [-0.15, -0.1) is 24.0 Å². The molecule has 2 fully saturated rings. The zero-order chi connectivity index (χ0) is 19.5. The first kappa shape index (κ1) is 25.0. The van der Waals surface area contributed by atoms with Crippen LogP contribution in [-0.4, -0.2) is 62.4 Å². The molecule has 0 radical (unpaired) electrons.